The van der Waals surface area contributed by atoms with Gasteiger partial charge in [0.2, 0.25) is 0 Å². The van der Waals surface area contributed by atoms with Gasteiger partial charge in [0.1, 0.15) is 0 Å². The third-order valence-corrected chi connectivity index (χ3v) is 3.47. The molecule has 16 nitrogen and oxygen atoms in total. The van der Waals surface area contributed by atoms with Crippen molar-refractivity contribution >= 4 is 11.8 Å². The Kier molecular flexibility index (Phi) is 19.7. The lowest BCUT2D eigenvalue weighted by molar-refractivity contribution is -0.146. The summed E-state index contributed by atoms with van der Waals surface area (Å²) in [6.45, 7) is 2.45. The fourth-order valence-corrected chi connectivity index (χ4v) is 1.93. The van der Waals surface area contributed by atoms with Crippen LogP contribution in [0.15, 0.2) is 10.2 Å². The molecule has 0 saturated heterocycles. The number of carbonyl (C=O) groups excluding carboxylic acids is 2. The van der Waals surface area contributed by atoms with Gasteiger partial charge in [-0.15, -0.1) is 0 Å². The number of hydrogen-bond donors (Lipinski definition) is 4. The second kappa shape index (κ2) is 21.5. The average molecular weight is 462 g/mol. The van der Waals surface area contributed by atoms with Gasteiger partial charge >= 0.3 is 0 Å². The van der Waals surface area contributed by atoms with E-state index in [4.69, 9.17) is 30.0 Å². The molecule has 182 valence electrons. The van der Waals surface area contributed by atoms with Crippen molar-refractivity contribution in [3.8, 4) is 0 Å². The Balaban J connectivity index is 3.71. The van der Waals surface area contributed by atoms with Crippen LogP contribution in [0.2, 0.25) is 0 Å². The van der Waals surface area contributed by atoms with E-state index in [1.165, 1.54) is 0 Å². The van der Waals surface area contributed by atoms with E-state index in [1.807, 2.05) is 0 Å². The van der Waals surface area contributed by atoms with Gasteiger partial charge in [-0.25, -0.2) is 0 Å². The number of nitrogens with one attached hydrogen (secondary N) is 2. The highest BCUT2D eigenvalue weighted by atomic mass is 16.5. The zero-order valence-electron chi connectivity index (χ0n) is 17.7. The number of ether oxygens (including phenoxy) is 4. The Bertz CT molecular complexity index is 561. The van der Waals surface area contributed by atoms with Crippen LogP contribution < -0.4 is 10.6 Å². The summed E-state index contributed by atoms with van der Waals surface area (Å²) in [6.07, 6.45) is -3.88. The molecule has 2 atom stereocenters. The Morgan fingerprint density at radius 3 is 1.38 bits per heavy atom. The lowest BCUT2D eigenvalue weighted by atomic mass is 10.2. The zero-order chi connectivity index (χ0) is 23.9. The third kappa shape index (κ3) is 17.0. The van der Waals surface area contributed by atoms with E-state index < -0.39 is 24.0 Å². The van der Waals surface area contributed by atoms with Gasteiger partial charge in [-0.05, 0) is 11.1 Å². The summed E-state index contributed by atoms with van der Waals surface area (Å²) in [5.74, 6) is -1.84. The van der Waals surface area contributed by atoms with Crippen molar-refractivity contribution in [1.82, 2.24) is 10.6 Å². The van der Waals surface area contributed by atoms with E-state index in [1.54, 1.807) is 0 Å². The van der Waals surface area contributed by atoms with Crippen LogP contribution in [0, 0.1) is 0 Å². The van der Waals surface area contributed by atoms with Crippen LogP contribution >= 0.6 is 0 Å². The van der Waals surface area contributed by atoms with E-state index in [2.05, 4.69) is 30.7 Å². The molecule has 0 aliphatic carbocycles. The topological polar surface area (TPSA) is 233 Å². The van der Waals surface area contributed by atoms with Crippen molar-refractivity contribution < 1.29 is 38.7 Å². The molecule has 0 aliphatic rings. The first-order valence-corrected chi connectivity index (χ1v) is 9.78. The molecule has 2 unspecified atom stereocenters. The summed E-state index contributed by atoms with van der Waals surface area (Å²) < 4.78 is 20.6. The smallest absolute Gasteiger partial charge is 0.252 e. The van der Waals surface area contributed by atoms with Gasteiger partial charge in [0, 0.05) is 36.0 Å². The first-order chi connectivity index (χ1) is 15.5. The first kappa shape index (κ1) is 29.3. The number of carbonyl (C=O) groups is 2. The maximum Gasteiger partial charge on any atom is 0.252 e. The van der Waals surface area contributed by atoms with Crippen LogP contribution in [0.4, 0.5) is 0 Å². The number of amides is 2. The van der Waals surface area contributed by atoms with Gasteiger partial charge in [-0.2, -0.15) is 0 Å². The van der Waals surface area contributed by atoms with Crippen molar-refractivity contribution in [2.75, 3.05) is 79.0 Å². The molecule has 2 amide bonds. The van der Waals surface area contributed by atoms with Crippen LogP contribution in [-0.4, -0.2) is 113 Å². The fraction of sp³-hybridized carbons (Fsp3) is 0.875. The maximum atomic E-state index is 11.8. The number of azide groups is 2. The molecule has 0 radical (unpaired) electrons. The minimum absolute atomic E-state index is 0.0573. The zero-order valence-corrected chi connectivity index (χ0v) is 17.7. The standard InChI is InChI=1S/C16H30N8O8/c17-23-21-3-7-31-11-9-29-5-1-19-15(27)13(25)14(26)16(28)20-2-6-30-10-12-32-8-4-22-24-18/h13-14,25-26H,1-12H2,(H,19,27)(H,20,28). The molecule has 4 N–H and O–H groups in total. The number of aliphatic hydroxyl groups excluding tert-OH is 2. The number of hydrogen-bond acceptors (Lipinski definition) is 10. The normalized spacial score (nSPS) is 12.2. The number of rotatable bonds is 21. The van der Waals surface area contributed by atoms with Crippen LogP contribution in [-0.2, 0) is 28.5 Å². The van der Waals surface area contributed by atoms with Crippen molar-refractivity contribution in [3.05, 3.63) is 20.9 Å². The maximum absolute atomic E-state index is 11.8. The van der Waals surface area contributed by atoms with E-state index in [-0.39, 0.29) is 79.0 Å². The second-order valence-electron chi connectivity index (χ2n) is 5.83. The van der Waals surface area contributed by atoms with Gasteiger partial charge in [0.05, 0.1) is 52.9 Å². The Morgan fingerprint density at radius 1 is 0.688 bits per heavy atom. The molecule has 0 aromatic heterocycles. The van der Waals surface area contributed by atoms with Crippen molar-refractivity contribution in [3.63, 3.8) is 0 Å². The molecular weight excluding hydrogens is 432 g/mol. The number of aliphatic hydroxyl groups is 2. The largest absolute Gasteiger partial charge is 0.380 e. The van der Waals surface area contributed by atoms with Gasteiger partial charge in [0.25, 0.3) is 11.8 Å². The summed E-state index contributed by atoms with van der Waals surface area (Å²) in [7, 11) is 0. The SMILES string of the molecule is [N-]=[N+]=NCCOCCOCCNC(=O)C(O)C(O)C(=O)NCCOCCOCCN=[N+]=[N-]. The quantitative estimate of drug-likeness (QED) is 0.0685. The van der Waals surface area contributed by atoms with Gasteiger partial charge in [0.15, 0.2) is 12.2 Å². The van der Waals surface area contributed by atoms with Crippen LogP contribution in [0.5, 0.6) is 0 Å². The predicted molar refractivity (Wildman–Crippen MR) is 109 cm³/mol. The van der Waals surface area contributed by atoms with Gasteiger partial charge in [-0.1, -0.05) is 10.2 Å². The fourth-order valence-electron chi connectivity index (χ4n) is 1.93. The predicted octanol–water partition coefficient (Wildman–Crippen LogP) is -1.37. The summed E-state index contributed by atoms with van der Waals surface area (Å²) in [6, 6.07) is 0. The Morgan fingerprint density at radius 2 is 1.03 bits per heavy atom. The lowest BCUT2D eigenvalue weighted by Gasteiger charge is -2.17. The molecule has 0 rings (SSSR count). The van der Waals surface area contributed by atoms with Crippen LogP contribution in [0.3, 0.4) is 0 Å². The highest BCUT2D eigenvalue weighted by Gasteiger charge is 2.29. The monoisotopic (exact) mass is 462 g/mol. The first-order valence-electron chi connectivity index (χ1n) is 9.78. The molecule has 0 spiro atoms. The second-order valence-corrected chi connectivity index (χ2v) is 5.83. The molecule has 32 heavy (non-hydrogen) atoms. The van der Waals surface area contributed by atoms with Crippen LogP contribution in [0.1, 0.15) is 0 Å². The minimum atomic E-state index is -1.94. The molecule has 16 heteroatoms. The van der Waals surface area contributed by atoms with Crippen molar-refractivity contribution in [1.29, 1.82) is 0 Å². The molecule has 0 aromatic rings. The molecule has 0 fully saturated rings. The van der Waals surface area contributed by atoms with E-state index >= 15 is 0 Å². The molecule has 0 aromatic carbocycles. The average Bonchev–Trinajstić information content (AvgIpc) is 2.80. The minimum Gasteiger partial charge on any atom is -0.380 e. The molecule has 0 bridgehead atoms. The summed E-state index contributed by atoms with van der Waals surface area (Å²) in [5, 5.41) is 30.8. The van der Waals surface area contributed by atoms with E-state index in [0.717, 1.165) is 0 Å². The van der Waals surface area contributed by atoms with Crippen LogP contribution in [0.25, 0.3) is 20.9 Å². The van der Waals surface area contributed by atoms with Gasteiger partial charge < -0.3 is 39.8 Å². The van der Waals surface area contributed by atoms with E-state index in [9.17, 15) is 19.8 Å². The molecule has 0 aliphatic heterocycles. The molecule has 0 heterocycles. The van der Waals surface area contributed by atoms with Crippen molar-refractivity contribution in [2.45, 2.75) is 12.2 Å². The number of nitrogens with zero attached hydrogens (tertiary/aromatic N) is 6. The van der Waals surface area contributed by atoms with E-state index in [0.29, 0.717) is 0 Å². The Labute approximate surface area is 184 Å². The highest BCUT2D eigenvalue weighted by molar-refractivity contribution is 5.90. The summed E-state index contributed by atoms with van der Waals surface area (Å²) >= 11 is 0. The molecule has 0 saturated carbocycles. The highest BCUT2D eigenvalue weighted by Crippen LogP contribution is 1.94. The Hall–Kier alpha value is -2.68. The third-order valence-electron chi connectivity index (χ3n) is 3.47. The summed E-state index contributed by atoms with van der Waals surface area (Å²) in [4.78, 5) is 28.7. The van der Waals surface area contributed by atoms with Crippen molar-refractivity contribution in [2.24, 2.45) is 10.2 Å². The summed E-state index contributed by atoms with van der Waals surface area (Å²) in [5.41, 5.74) is 16.2. The lowest BCUT2D eigenvalue weighted by Crippen LogP contribution is -2.50. The molecular formula is C16H30N8O8. The van der Waals surface area contributed by atoms with Gasteiger partial charge in [-0.3, -0.25) is 9.59 Å².